The summed E-state index contributed by atoms with van der Waals surface area (Å²) in [5.41, 5.74) is 0. The van der Waals surface area contributed by atoms with Crippen molar-refractivity contribution in [2.75, 3.05) is 0 Å². The zero-order valence-electron chi connectivity index (χ0n) is 7.79. The summed E-state index contributed by atoms with van der Waals surface area (Å²) in [6, 6.07) is 0. The second kappa shape index (κ2) is 12.0. The minimum atomic E-state index is 0. The standard InChI is InChI=1S/C5H5.C4H9.3FH.Ti/c1-2-4-5-3-1;1-3-4-2;;;;/h1-3H,4H2;1,3-4H2,2H3;3*1H;. The van der Waals surface area contributed by atoms with Crippen LogP contribution in [0.5, 0.6) is 0 Å². The molecule has 0 atom stereocenters. The SMILES string of the molecule is CCC[CH2][Ti][C]1=CC=CC1.F.F.F. The Morgan fingerprint density at radius 3 is 2.46 bits per heavy atom. The molecule has 0 saturated carbocycles. The number of hydrogen-bond donors (Lipinski definition) is 0. The second-order valence-corrected chi connectivity index (χ2v) is 4.94. The summed E-state index contributed by atoms with van der Waals surface area (Å²) >= 11 is 0.290. The molecule has 0 bridgehead atoms. The second-order valence-electron chi connectivity index (χ2n) is 2.60. The van der Waals surface area contributed by atoms with E-state index in [-0.39, 0.29) is 33.3 Å². The number of halogens is 3. The van der Waals surface area contributed by atoms with Crippen LogP contribution in [0.25, 0.3) is 0 Å². The van der Waals surface area contributed by atoms with Gasteiger partial charge in [0, 0.05) is 0 Å². The molecule has 1 rings (SSSR count). The Balaban J connectivity index is -0.000000333. The third-order valence-corrected chi connectivity index (χ3v) is 3.88. The van der Waals surface area contributed by atoms with Crippen molar-refractivity contribution in [1.29, 1.82) is 0 Å². The third kappa shape index (κ3) is 8.32. The van der Waals surface area contributed by atoms with Gasteiger partial charge in [0.1, 0.15) is 0 Å². The van der Waals surface area contributed by atoms with Crippen LogP contribution in [0.4, 0.5) is 14.1 Å². The topological polar surface area (TPSA) is 0 Å². The van der Waals surface area contributed by atoms with Crippen molar-refractivity contribution in [2.24, 2.45) is 0 Å². The smallest absolute Gasteiger partial charge is 0.269 e. The van der Waals surface area contributed by atoms with Gasteiger partial charge in [-0.3, -0.25) is 14.1 Å². The molecule has 0 unspecified atom stereocenters. The third-order valence-electron chi connectivity index (χ3n) is 1.65. The molecule has 1 aliphatic rings. The van der Waals surface area contributed by atoms with E-state index in [9.17, 15) is 0 Å². The minimum absolute atomic E-state index is 0. The van der Waals surface area contributed by atoms with Crippen molar-refractivity contribution in [3.05, 3.63) is 22.1 Å². The maximum atomic E-state index is 2.32. The molecule has 0 radical (unpaired) electrons. The Kier molecular flexibility index (Phi) is 17.2. The molecule has 4 heteroatoms. The molecule has 0 saturated heterocycles. The van der Waals surface area contributed by atoms with Crippen molar-refractivity contribution in [1.82, 2.24) is 0 Å². The molecule has 0 heterocycles. The summed E-state index contributed by atoms with van der Waals surface area (Å²) < 4.78 is 3.25. The van der Waals surface area contributed by atoms with E-state index < -0.39 is 0 Å². The average Bonchev–Trinajstić information content (AvgIpc) is 2.41. The Labute approximate surface area is 86.5 Å². The molecule has 0 N–H and O–H groups in total. The number of rotatable bonds is 4. The van der Waals surface area contributed by atoms with Crippen LogP contribution in [0.2, 0.25) is 4.73 Å². The van der Waals surface area contributed by atoms with Gasteiger partial charge in [0.25, 0.3) is 0 Å². The van der Waals surface area contributed by atoms with Gasteiger partial charge in [0.15, 0.2) is 0 Å². The maximum Gasteiger partial charge on any atom is -0.269 e. The molecule has 0 amide bonds. The van der Waals surface area contributed by atoms with E-state index >= 15 is 0 Å². The van der Waals surface area contributed by atoms with Gasteiger partial charge in [0.05, 0.1) is 0 Å². The summed E-state index contributed by atoms with van der Waals surface area (Å²) in [5.74, 6) is 0. The Morgan fingerprint density at radius 1 is 1.31 bits per heavy atom. The van der Waals surface area contributed by atoms with Crippen LogP contribution in [-0.2, 0) is 19.2 Å². The van der Waals surface area contributed by atoms with Crippen molar-refractivity contribution < 1.29 is 33.3 Å². The molecule has 0 aliphatic heterocycles. The van der Waals surface area contributed by atoms with Gasteiger partial charge in [0.2, 0.25) is 0 Å². The van der Waals surface area contributed by atoms with Crippen LogP contribution in [0, 0.1) is 0 Å². The van der Waals surface area contributed by atoms with Gasteiger partial charge in [-0.1, -0.05) is 0 Å². The quantitative estimate of drug-likeness (QED) is 0.511. The molecule has 0 spiro atoms. The van der Waals surface area contributed by atoms with Gasteiger partial charge in [-0.25, -0.2) is 0 Å². The Morgan fingerprint density at radius 2 is 2.00 bits per heavy atom. The molecule has 0 aromatic carbocycles. The van der Waals surface area contributed by atoms with Crippen molar-refractivity contribution in [3.8, 4) is 0 Å². The van der Waals surface area contributed by atoms with Crippen molar-refractivity contribution in [2.45, 2.75) is 30.9 Å². The fourth-order valence-electron chi connectivity index (χ4n) is 1.00. The Bertz CT molecular complexity index is 155. The van der Waals surface area contributed by atoms with E-state index in [0.29, 0.717) is 0 Å². The first kappa shape index (κ1) is 18.7. The summed E-state index contributed by atoms with van der Waals surface area (Å²) in [4.78, 5) is 0. The normalized spacial score (nSPS) is 11.9. The first-order chi connectivity index (χ1) is 4.93. The first-order valence-electron chi connectivity index (χ1n) is 4.03. The minimum Gasteiger partial charge on any atom is -0.269 e. The molecule has 0 fully saturated rings. The number of hydrogen-bond acceptors (Lipinski definition) is 0. The molecule has 13 heavy (non-hydrogen) atoms. The summed E-state index contributed by atoms with van der Waals surface area (Å²) in [5, 5.41) is 0. The Hall–Kier alpha value is -0.0157. The molecule has 0 aromatic rings. The number of allylic oxidation sites excluding steroid dienone is 4. The molecular formula is C9H17F3Ti. The van der Waals surface area contributed by atoms with E-state index in [1.807, 2.05) is 0 Å². The van der Waals surface area contributed by atoms with E-state index in [4.69, 9.17) is 0 Å². The summed E-state index contributed by atoms with van der Waals surface area (Å²) in [6.45, 7) is 2.27. The molecular weight excluding hydrogens is 213 g/mol. The fraction of sp³-hybridized carbons (Fsp3) is 0.556. The predicted octanol–water partition coefficient (Wildman–Crippen LogP) is 3.59. The summed E-state index contributed by atoms with van der Waals surface area (Å²) in [7, 11) is 0. The van der Waals surface area contributed by atoms with Crippen LogP contribution in [0.1, 0.15) is 26.2 Å². The van der Waals surface area contributed by atoms with Crippen LogP contribution < -0.4 is 0 Å². The average molecular weight is 230 g/mol. The fourth-order valence-corrected chi connectivity index (χ4v) is 3.08. The van der Waals surface area contributed by atoms with Crippen molar-refractivity contribution >= 4 is 0 Å². The van der Waals surface area contributed by atoms with Gasteiger partial charge >= 0.3 is 72.2 Å². The largest absolute Gasteiger partial charge is 0.269 e. The van der Waals surface area contributed by atoms with Crippen LogP contribution >= 0.6 is 0 Å². The zero-order valence-corrected chi connectivity index (χ0v) is 9.35. The summed E-state index contributed by atoms with van der Waals surface area (Å²) in [6.07, 6.45) is 10.9. The molecule has 1 aliphatic carbocycles. The van der Waals surface area contributed by atoms with Gasteiger partial charge in [-0.15, -0.1) is 0 Å². The van der Waals surface area contributed by atoms with Gasteiger partial charge in [-0.05, 0) is 0 Å². The van der Waals surface area contributed by atoms with Crippen LogP contribution in [-0.4, -0.2) is 0 Å². The van der Waals surface area contributed by atoms with Crippen LogP contribution in [0.15, 0.2) is 22.1 Å². The van der Waals surface area contributed by atoms with E-state index in [1.54, 1.807) is 3.88 Å². The van der Waals surface area contributed by atoms with Gasteiger partial charge < -0.3 is 0 Å². The van der Waals surface area contributed by atoms with E-state index in [2.05, 4.69) is 25.2 Å². The van der Waals surface area contributed by atoms with Crippen molar-refractivity contribution in [3.63, 3.8) is 0 Å². The van der Waals surface area contributed by atoms with E-state index in [1.165, 1.54) is 24.0 Å². The zero-order chi connectivity index (χ0) is 7.23. The number of unbranched alkanes of at least 4 members (excludes halogenated alkanes) is 1. The monoisotopic (exact) mass is 230 g/mol. The van der Waals surface area contributed by atoms with Gasteiger partial charge in [-0.2, -0.15) is 0 Å². The first-order valence-corrected chi connectivity index (χ1v) is 5.91. The molecule has 78 valence electrons. The molecule has 0 nitrogen and oxygen atoms in total. The predicted molar refractivity (Wildman–Crippen MR) is 49.1 cm³/mol. The van der Waals surface area contributed by atoms with Crippen LogP contribution in [0.3, 0.4) is 0 Å². The maximum absolute atomic E-state index is 2.32. The van der Waals surface area contributed by atoms with E-state index in [0.717, 1.165) is 0 Å². The molecule has 0 aromatic heterocycles.